The van der Waals surface area contributed by atoms with Crippen LogP contribution in [0.4, 0.5) is 5.82 Å². The minimum absolute atomic E-state index is 0.873. The smallest absolute Gasteiger partial charge is 0.141 e. The number of rotatable bonds is 4. The van der Waals surface area contributed by atoms with Gasteiger partial charge in [-0.1, -0.05) is 30.3 Å². The van der Waals surface area contributed by atoms with Crippen molar-refractivity contribution in [3.8, 4) is 0 Å². The van der Waals surface area contributed by atoms with Crippen LogP contribution in [0.2, 0.25) is 0 Å². The third kappa shape index (κ3) is 2.63. The van der Waals surface area contributed by atoms with E-state index >= 15 is 0 Å². The van der Waals surface area contributed by atoms with Crippen LogP contribution in [0.15, 0.2) is 36.7 Å². The molecule has 2 heterocycles. The Morgan fingerprint density at radius 3 is 2.57 bits per heavy atom. The zero-order chi connectivity index (χ0) is 14.8. The van der Waals surface area contributed by atoms with Crippen LogP contribution >= 0.6 is 11.3 Å². The SMILES string of the molecule is CCN(Cc1ccccc1)c1ncnc2sc(C)c(C)c12. The number of thiophene rings is 1. The van der Waals surface area contributed by atoms with Gasteiger partial charge in [0.25, 0.3) is 0 Å². The van der Waals surface area contributed by atoms with Crippen molar-refractivity contribution in [1.82, 2.24) is 9.97 Å². The lowest BCUT2D eigenvalue weighted by atomic mass is 10.1. The molecule has 0 unspecified atom stereocenters. The molecule has 0 saturated heterocycles. The fraction of sp³-hybridized carbons (Fsp3) is 0.294. The van der Waals surface area contributed by atoms with Crippen LogP contribution in [0.1, 0.15) is 22.9 Å². The van der Waals surface area contributed by atoms with E-state index in [0.717, 1.165) is 23.7 Å². The summed E-state index contributed by atoms with van der Waals surface area (Å²) in [6, 6.07) is 10.5. The lowest BCUT2D eigenvalue weighted by molar-refractivity contribution is 0.816. The first-order valence-corrected chi connectivity index (χ1v) is 8.02. The zero-order valence-electron chi connectivity index (χ0n) is 12.6. The third-order valence-electron chi connectivity index (χ3n) is 3.84. The number of benzene rings is 1. The van der Waals surface area contributed by atoms with E-state index in [4.69, 9.17) is 0 Å². The molecule has 2 aromatic heterocycles. The Bertz CT molecular complexity index is 749. The van der Waals surface area contributed by atoms with E-state index in [2.05, 4.69) is 66.0 Å². The zero-order valence-corrected chi connectivity index (χ0v) is 13.4. The Hall–Kier alpha value is -1.94. The lowest BCUT2D eigenvalue weighted by Gasteiger charge is -2.23. The van der Waals surface area contributed by atoms with Gasteiger partial charge in [0.1, 0.15) is 17.0 Å². The maximum absolute atomic E-state index is 4.57. The van der Waals surface area contributed by atoms with Gasteiger partial charge in [0, 0.05) is 18.0 Å². The highest BCUT2D eigenvalue weighted by Gasteiger charge is 2.16. The Morgan fingerprint density at radius 1 is 1.10 bits per heavy atom. The van der Waals surface area contributed by atoms with Gasteiger partial charge >= 0.3 is 0 Å². The van der Waals surface area contributed by atoms with E-state index < -0.39 is 0 Å². The van der Waals surface area contributed by atoms with Crippen molar-refractivity contribution < 1.29 is 0 Å². The standard InChI is InChI=1S/C17H19N3S/c1-4-20(10-14-8-6-5-7-9-14)16-15-12(2)13(3)21-17(15)19-11-18-16/h5-9,11H,4,10H2,1-3H3. The first-order chi connectivity index (χ1) is 10.2. The van der Waals surface area contributed by atoms with Gasteiger partial charge in [-0.15, -0.1) is 11.3 Å². The topological polar surface area (TPSA) is 29.0 Å². The number of anilines is 1. The molecule has 0 fully saturated rings. The van der Waals surface area contributed by atoms with E-state index in [1.807, 2.05) is 0 Å². The summed E-state index contributed by atoms with van der Waals surface area (Å²) in [5.41, 5.74) is 2.60. The van der Waals surface area contributed by atoms with E-state index in [1.165, 1.54) is 21.4 Å². The highest BCUT2D eigenvalue weighted by molar-refractivity contribution is 7.18. The highest BCUT2D eigenvalue weighted by Crippen LogP contribution is 2.34. The molecule has 21 heavy (non-hydrogen) atoms. The molecule has 0 spiro atoms. The maximum Gasteiger partial charge on any atom is 0.141 e. The van der Waals surface area contributed by atoms with Crippen molar-refractivity contribution in [2.75, 3.05) is 11.4 Å². The molecule has 0 bridgehead atoms. The fourth-order valence-corrected chi connectivity index (χ4v) is 3.54. The number of aromatic nitrogens is 2. The van der Waals surface area contributed by atoms with Gasteiger partial charge in [-0.25, -0.2) is 9.97 Å². The highest BCUT2D eigenvalue weighted by atomic mass is 32.1. The van der Waals surface area contributed by atoms with Crippen LogP contribution in [-0.2, 0) is 6.54 Å². The van der Waals surface area contributed by atoms with Crippen LogP contribution in [0.25, 0.3) is 10.2 Å². The Kier molecular flexibility index (Phi) is 3.88. The van der Waals surface area contributed by atoms with Crippen molar-refractivity contribution in [3.63, 3.8) is 0 Å². The first kappa shape index (κ1) is 14.0. The fourth-order valence-electron chi connectivity index (χ4n) is 2.54. The molecule has 108 valence electrons. The molecular weight excluding hydrogens is 278 g/mol. The van der Waals surface area contributed by atoms with E-state index in [-0.39, 0.29) is 0 Å². The molecule has 1 aromatic carbocycles. The van der Waals surface area contributed by atoms with Crippen molar-refractivity contribution in [3.05, 3.63) is 52.7 Å². The molecule has 3 rings (SSSR count). The summed E-state index contributed by atoms with van der Waals surface area (Å²) in [6.07, 6.45) is 1.68. The monoisotopic (exact) mass is 297 g/mol. The van der Waals surface area contributed by atoms with Gasteiger partial charge in [0.05, 0.1) is 5.39 Å². The number of hydrogen-bond acceptors (Lipinski definition) is 4. The van der Waals surface area contributed by atoms with E-state index in [9.17, 15) is 0 Å². The summed E-state index contributed by atoms with van der Waals surface area (Å²) in [5, 5.41) is 1.21. The van der Waals surface area contributed by atoms with Gasteiger partial charge in [-0.2, -0.15) is 0 Å². The van der Waals surface area contributed by atoms with Crippen molar-refractivity contribution in [1.29, 1.82) is 0 Å². The maximum atomic E-state index is 4.57. The van der Waals surface area contributed by atoms with Gasteiger partial charge in [0.15, 0.2) is 0 Å². The molecule has 0 N–H and O–H groups in total. The molecule has 0 atom stereocenters. The van der Waals surface area contributed by atoms with Crippen LogP contribution in [0.3, 0.4) is 0 Å². The molecule has 0 aliphatic rings. The van der Waals surface area contributed by atoms with E-state index in [0.29, 0.717) is 0 Å². The minimum atomic E-state index is 0.873. The van der Waals surface area contributed by atoms with Gasteiger partial charge in [-0.3, -0.25) is 0 Å². The lowest BCUT2D eigenvalue weighted by Crippen LogP contribution is -2.23. The first-order valence-electron chi connectivity index (χ1n) is 7.20. The summed E-state index contributed by atoms with van der Waals surface area (Å²) in [6.45, 7) is 8.29. The Balaban J connectivity index is 2.05. The molecule has 3 nitrogen and oxygen atoms in total. The van der Waals surface area contributed by atoms with Gasteiger partial charge < -0.3 is 4.90 Å². The summed E-state index contributed by atoms with van der Waals surface area (Å²) in [4.78, 5) is 13.7. The number of fused-ring (bicyclic) bond motifs is 1. The van der Waals surface area contributed by atoms with Crippen molar-refractivity contribution in [2.24, 2.45) is 0 Å². The molecule has 3 aromatic rings. The largest absolute Gasteiger partial charge is 0.352 e. The molecule has 4 heteroatoms. The number of hydrogen-bond donors (Lipinski definition) is 0. The summed E-state index contributed by atoms with van der Waals surface area (Å²) < 4.78 is 0. The quantitative estimate of drug-likeness (QED) is 0.717. The summed E-state index contributed by atoms with van der Waals surface area (Å²) in [5.74, 6) is 1.05. The molecule has 0 radical (unpaired) electrons. The van der Waals surface area contributed by atoms with Crippen LogP contribution < -0.4 is 4.90 Å². The molecule has 0 aliphatic carbocycles. The molecule has 0 saturated carbocycles. The second kappa shape index (κ2) is 5.82. The summed E-state index contributed by atoms with van der Waals surface area (Å²) >= 11 is 1.75. The number of nitrogens with zero attached hydrogens (tertiary/aromatic N) is 3. The Labute approximate surface area is 129 Å². The molecule has 0 aliphatic heterocycles. The minimum Gasteiger partial charge on any atom is -0.352 e. The van der Waals surface area contributed by atoms with Gasteiger partial charge in [0.2, 0.25) is 0 Å². The van der Waals surface area contributed by atoms with Crippen molar-refractivity contribution >= 4 is 27.4 Å². The predicted octanol–water partition coefficient (Wildman–Crippen LogP) is 4.33. The van der Waals surface area contributed by atoms with Crippen LogP contribution in [-0.4, -0.2) is 16.5 Å². The Morgan fingerprint density at radius 2 is 1.86 bits per heavy atom. The number of aryl methyl sites for hydroxylation is 2. The molecular formula is C17H19N3S. The summed E-state index contributed by atoms with van der Waals surface area (Å²) in [7, 11) is 0. The van der Waals surface area contributed by atoms with Crippen molar-refractivity contribution in [2.45, 2.75) is 27.3 Å². The van der Waals surface area contributed by atoms with Crippen LogP contribution in [0, 0.1) is 13.8 Å². The predicted molar refractivity (Wildman–Crippen MR) is 90.1 cm³/mol. The second-order valence-corrected chi connectivity index (χ2v) is 6.36. The average molecular weight is 297 g/mol. The second-order valence-electron chi connectivity index (χ2n) is 5.16. The third-order valence-corrected chi connectivity index (χ3v) is 4.96. The molecule has 0 amide bonds. The van der Waals surface area contributed by atoms with Crippen LogP contribution in [0.5, 0.6) is 0 Å². The average Bonchev–Trinajstić information content (AvgIpc) is 2.81. The van der Waals surface area contributed by atoms with E-state index in [1.54, 1.807) is 17.7 Å². The normalized spacial score (nSPS) is 11.0. The van der Waals surface area contributed by atoms with Gasteiger partial charge in [-0.05, 0) is 31.9 Å².